The summed E-state index contributed by atoms with van der Waals surface area (Å²) < 4.78 is 12.6. The molecule has 1 saturated heterocycles. The highest BCUT2D eigenvalue weighted by Crippen LogP contribution is 2.24. The van der Waals surface area contributed by atoms with Crippen LogP contribution in [0.1, 0.15) is 13.3 Å². The van der Waals surface area contributed by atoms with E-state index in [9.17, 15) is 9.18 Å². The Morgan fingerprint density at radius 1 is 1.36 bits per heavy atom. The number of carbonyl (C=O) groups excluding carboxylic acids is 1. The first-order valence-electron chi connectivity index (χ1n) is 4.75. The van der Waals surface area contributed by atoms with Gasteiger partial charge in [0.05, 0.1) is 0 Å². The molecule has 0 N–H and O–H groups in total. The second-order valence-electron chi connectivity index (χ2n) is 3.66. The second kappa shape index (κ2) is 3.40. The molecule has 1 aliphatic rings. The predicted molar refractivity (Wildman–Crippen MR) is 52.5 cm³/mol. The molecule has 0 aliphatic carbocycles. The van der Waals surface area contributed by atoms with Crippen LogP contribution in [-0.2, 0) is 4.79 Å². The van der Waals surface area contributed by atoms with Gasteiger partial charge in [0.15, 0.2) is 0 Å². The van der Waals surface area contributed by atoms with Crippen molar-refractivity contribution in [3.8, 4) is 0 Å². The van der Waals surface area contributed by atoms with Crippen molar-refractivity contribution >= 4 is 11.6 Å². The Hall–Kier alpha value is -1.38. The van der Waals surface area contributed by atoms with E-state index < -0.39 is 0 Å². The molecule has 2 nitrogen and oxygen atoms in total. The van der Waals surface area contributed by atoms with Crippen molar-refractivity contribution in [3.63, 3.8) is 0 Å². The van der Waals surface area contributed by atoms with Crippen LogP contribution in [0.15, 0.2) is 24.3 Å². The summed E-state index contributed by atoms with van der Waals surface area (Å²) in [6.07, 6.45) is 0.885. The van der Waals surface area contributed by atoms with Gasteiger partial charge in [0.1, 0.15) is 5.82 Å². The highest BCUT2D eigenvalue weighted by Gasteiger charge is 2.28. The van der Waals surface area contributed by atoms with Crippen LogP contribution in [0.4, 0.5) is 10.1 Å². The Balaban J connectivity index is 2.24. The Morgan fingerprint density at radius 3 is 2.50 bits per heavy atom. The first kappa shape index (κ1) is 9.19. The third-order valence-electron chi connectivity index (χ3n) is 2.61. The van der Waals surface area contributed by atoms with Gasteiger partial charge in [-0.1, -0.05) is 6.92 Å². The normalized spacial score (nSPS) is 21.7. The van der Waals surface area contributed by atoms with Gasteiger partial charge in [-0.2, -0.15) is 0 Å². The Kier molecular flexibility index (Phi) is 2.23. The molecule has 2 rings (SSSR count). The zero-order valence-corrected chi connectivity index (χ0v) is 8.03. The minimum Gasteiger partial charge on any atom is -0.312 e. The maximum atomic E-state index is 12.6. The minimum atomic E-state index is -0.270. The molecule has 14 heavy (non-hydrogen) atoms. The summed E-state index contributed by atoms with van der Waals surface area (Å²) in [5.41, 5.74) is 0.792. The van der Waals surface area contributed by atoms with E-state index in [0.29, 0.717) is 0 Å². The topological polar surface area (TPSA) is 20.3 Å². The average molecular weight is 193 g/mol. The lowest BCUT2D eigenvalue weighted by Gasteiger charge is -2.15. The maximum Gasteiger partial charge on any atom is 0.229 e. The molecule has 1 aromatic rings. The first-order chi connectivity index (χ1) is 6.68. The molecule has 1 amide bonds. The van der Waals surface area contributed by atoms with E-state index >= 15 is 0 Å². The molecule has 0 bridgehead atoms. The average Bonchev–Trinajstić information content (AvgIpc) is 2.50. The van der Waals surface area contributed by atoms with Gasteiger partial charge in [0, 0.05) is 18.2 Å². The standard InChI is InChI=1S/C11H12FNO/c1-8-6-7-13(11(8)14)10-4-2-9(12)3-5-10/h2-5,8H,6-7H2,1H3. The van der Waals surface area contributed by atoms with Gasteiger partial charge in [0.2, 0.25) is 5.91 Å². The van der Waals surface area contributed by atoms with E-state index in [4.69, 9.17) is 0 Å². The summed E-state index contributed by atoms with van der Waals surface area (Å²) >= 11 is 0. The van der Waals surface area contributed by atoms with Crippen LogP contribution in [-0.4, -0.2) is 12.5 Å². The maximum absolute atomic E-state index is 12.6. The fraction of sp³-hybridized carbons (Fsp3) is 0.364. The summed E-state index contributed by atoms with van der Waals surface area (Å²) in [6.45, 7) is 2.66. The van der Waals surface area contributed by atoms with E-state index in [1.54, 1.807) is 17.0 Å². The van der Waals surface area contributed by atoms with E-state index in [1.807, 2.05) is 6.92 Å². The molecule has 74 valence electrons. The van der Waals surface area contributed by atoms with E-state index in [1.165, 1.54) is 12.1 Å². The van der Waals surface area contributed by atoms with Crippen molar-refractivity contribution < 1.29 is 9.18 Å². The molecule has 1 unspecified atom stereocenters. The van der Waals surface area contributed by atoms with Crippen molar-refractivity contribution in [2.75, 3.05) is 11.4 Å². The molecule has 0 radical (unpaired) electrons. The van der Waals surface area contributed by atoms with Gasteiger partial charge in [-0.15, -0.1) is 0 Å². The lowest BCUT2D eigenvalue weighted by Crippen LogP contribution is -2.25. The van der Waals surface area contributed by atoms with Crippen LogP contribution in [0.2, 0.25) is 0 Å². The number of hydrogen-bond acceptors (Lipinski definition) is 1. The van der Waals surface area contributed by atoms with Crippen LogP contribution in [0.5, 0.6) is 0 Å². The fourth-order valence-corrected chi connectivity index (χ4v) is 1.70. The van der Waals surface area contributed by atoms with Crippen molar-refractivity contribution in [2.24, 2.45) is 5.92 Å². The largest absolute Gasteiger partial charge is 0.312 e. The number of nitrogens with zero attached hydrogens (tertiary/aromatic N) is 1. The van der Waals surface area contributed by atoms with E-state index in [0.717, 1.165) is 18.7 Å². The molecular formula is C11H12FNO. The summed E-state index contributed by atoms with van der Waals surface area (Å²) in [6, 6.07) is 6.05. The molecule has 0 aromatic heterocycles. The van der Waals surface area contributed by atoms with Crippen molar-refractivity contribution in [1.82, 2.24) is 0 Å². The van der Waals surface area contributed by atoms with Crippen molar-refractivity contribution in [1.29, 1.82) is 0 Å². The number of benzene rings is 1. The Morgan fingerprint density at radius 2 is 2.00 bits per heavy atom. The molecule has 1 atom stereocenters. The molecule has 1 fully saturated rings. The van der Waals surface area contributed by atoms with Crippen LogP contribution in [0.25, 0.3) is 0 Å². The SMILES string of the molecule is CC1CCN(c2ccc(F)cc2)C1=O. The van der Waals surface area contributed by atoms with Crippen LogP contribution < -0.4 is 4.90 Å². The Labute approximate surface area is 82.3 Å². The number of halogens is 1. The molecular weight excluding hydrogens is 181 g/mol. The molecule has 0 saturated carbocycles. The van der Waals surface area contributed by atoms with Gasteiger partial charge in [-0.05, 0) is 30.7 Å². The number of rotatable bonds is 1. The summed E-state index contributed by atoms with van der Waals surface area (Å²) in [7, 11) is 0. The van der Waals surface area contributed by atoms with Gasteiger partial charge in [-0.25, -0.2) is 4.39 Å². The minimum absolute atomic E-state index is 0.0973. The van der Waals surface area contributed by atoms with Gasteiger partial charge in [-0.3, -0.25) is 4.79 Å². The highest BCUT2D eigenvalue weighted by atomic mass is 19.1. The van der Waals surface area contributed by atoms with Gasteiger partial charge >= 0.3 is 0 Å². The zero-order valence-electron chi connectivity index (χ0n) is 8.03. The van der Waals surface area contributed by atoms with Crippen molar-refractivity contribution in [3.05, 3.63) is 30.1 Å². The number of carbonyl (C=O) groups is 1. The number of amides is 1. The van der Waals surface area contributed by atoms with Crippen LogP contribution >= 0.6 is 0 Å². The third-order valence-corrected chi connectivity index (χ3v) is 2.61. The smallest absolute Gasteiger partial charge is 0.229 e. The monoisotopic (exact) mass is 193 g/mol. The van der Waals surface area contributed by atoms with Crippen LogP contribution in [0.3, 0.4) is 0 Å². The first-order valence-corrected chi connectivity index (χ1v) is 4.75. The fourth-order valence-electron chi connectivity index (χ4n) is 1.70. The molecule has 1 heterocycles. The molecule has 1 aliphatic heterocycles. The summed E-state index contributed by atoms with van der Waals surface area (Å²) in [4.78, 5) is 13.3. The predicted octanol–water partition coefficient (Wildman–Crippen LogP) is 2.20. The molecule has 1 aromatic carbocycles. The lowest BCUT2D eigenvalue weighted by molar-refractivity contribution is -0.119. The summed E-state index contributed by atoms with van der Waals surface area (Å²) in [5, 5.41) is 0. The number of hydrogen-bond donors (Lipinski definition) is 0. The lowest BCUT2D eigenvalue weighted by atomic mass is 10.1. The van der Waals surface area contributed by atoms with Crippen molar-refractivity contribution in [2.45, 2.75) is 13.3 Å². The van der Waals surface area contributed by atoms with Crippen LogP contribution in [0, 0.1) is 11.7 Å². The summed E-state index contributed by atoms with van der Waals surface area (Å²) in [5.74, 6) is -0.0369. The van der Waals surface area contributed by atoms with E-state index in [2.05, 4.69) is 0 Å². The molecule has 0 spiro atoms. The highest BCUT2D eigenvalue weighted by molar-refractivity contribution is 5.96. The zero-order chi connectivity index (χ0) is 10.1. The second-order valence-corrected chi connectivity index (χ2v) is 3.66. The third kappa shape index (κ3) is 1.50. The molecule has 3 heteroatoms. The quantitative estimate of drug-likeness (QED) is 0.669. The Bertz CT molecular complexity index is 347. The number of anilines is 1. The van der Waals surface area contributed by atoms with Gasteiger partial charge in [0.25, 0.3) is 0 Å². The van der Waals surface area contributed by atoms with E-state index in [-0.39, 0.29) is 17.6 Å². The van der Waals surface area contributed by atoms with Gasteiger partial charge < -0.3 is 4.90 Å².